The van der Waals surface area contributed by atoms with Crippen molar-refractivity contribution < 1.29 is 13.3 Å². The first-order valence-corrected chi connectivity index (χ1v) is 11.3. The van der Waals surface area contributed by atoms with E-state index in [2.05, 4.69) is 18.7 Å². The summed E-state index contributed by atoms with van der Waals surface area (Å²) in [7, 11) is 2.10. The van der Waals surface area contributed by atoms with Gasteiger partial charge in [0.15, 0.2) is 0 Å². The highest BCUT2D eigenvalue weighted by Gasteiger charge is 2.45. The Morgan fingerprint density at radius 2 is 1.42 bits per heavy atom. The molecule has 0 aliphatic heterocycles. The fourth-order valence-electron chi connectivity index (χ4n) is 3.11. The number of rotatable bonds is 10. The Labute approximate surface area is 169 Å². The lowest BCUT2D eigenvalue weighted by Gasteiger charge is -2.31. The fraction of sp³-hybridized carbons (Fsp3) is 0.556. The quantitative estimate of drug-likeness (QED) is 0.466. The molecule has 0 saturated carbocycles. The van der Waals surface area contributed by atoms with Crippen LogP contribution >= 0.6 is 24.4 Å². The number of benzene rings is 1. The van der Waals surface area contributed by atoms with Gasteiger partial charge in [0.25, 0.3) is 0 Å². The van der Waals surface area contributed by atoms with E-state index in [0.29, 0.717) is 4.99 Å². The second-order valence-electron chi connectivity index (χ2n) is 5.95. The zero-order valence-electron chi connectivity index (χ0n) is 16.4. The minimum absolute atomic E-state index is 0.00504. The van der Waals surface area contributed by atoms with Crippen LogP contribution in [0, 0.1) is 0 Å². The molecule has 8 heteroatoms. The summed E-state index contributed by atoms with van der Waals surface area (Å²) in [5.41, 5.74) is 8.07. The molecule has 0 aliphatic rings. The average Bonchev–Trinajstić information content (AvgIpc) is 2.65. The van der Waals surface area contributed by atoms with Gasteiger partial charge in [-0.3, -0.25) is 0 Å². The van der Waals surface area contributed by atoms with Gasteiger partial charge in [0, 0.05) is 34.4 Å². The summed E-state index contributed by atoms with van der Waals surface area (Å²) in [6, 6.07) is 8.11. The lowest BCUT2D eigenvalue weighted by molar-refractivity contribution is 0.114. The van der Waals surface area contributed by atoms with Gasteiger partial charge in [0.1, 0.15) is 0 Å². The van der Waals surface area contributed by atoms with Crippen molar-refractivity contribution in [1.82, 2.24) is 4.90 Å². The molecule has 0 heterocycles. The van der Waals surface area contributed by atoms with Crippen molar-refractivity contribution in [2.75, 3.05) is 34.4 Å². The summed E-state index contributed by atoms with van der Waals surface area (Å²) in [6.45, 7) is 7.84. The smallest absolute Gasteiger partial charge is 0.392 e. The van der Waals surface area contributed by atoms with Crippen molar-refractivity contribution in [1.29, 1.82) is 0 Å². The highest BCUT2D eigenvalue weighted by atomic mass is 32.1. The molecular formula is C18H30N2O3S2Si. The predicted molar refractivity (Wildman–Crippen MR) is 117 cm³/mol. The largest absolute Gasteiger partial charge is 0.507 e. The van der Waals surface area contributed by atoms with E-state index in [1.807, 2.05) is 31.2 Å². The minimum atomic E-state index is -2.76. The first-order valence-electron chi connectivity index (χ1n) is 8.65. The van der Waals surface area contributed by atoms with E-state index in [-0.39, 0.29) is 11.5 Å². The van der Waals surface area contributed by atoms with Crippen molar-refractivity contribution in [3.63, 3.8) is 0 Å². The van der Waals surface area contributed by atoms with Crippen LogP contribution in [0.1, 0.15) is 43.4 Å². The van der Waals surface area contributed by atoms with Gasteiger partial charge in [-0.2, -0.15) is 0 Å². The van der Waals surface area contributed by atoms with Crippen molar-refractivity contribution in [3.8, 4) is 0 Å². The SMILES string of the molecule is CCN(CC)C(=S)C(C(N)=S)c1ccc(C(C)[Si](OC)(OC)OC)cc1. The Morgan fingerprint density at radius 1 is 1.00 bits per heavy atom. The normalized spacial score (nSPS) is 13.9. The third-order valence-electron chi connectivity index (χ3n) is 4.76. The van der Waals surface area contributed by atoms with E-state index >= 15 is 0 Å². The van der Waals surface area contributed by atoms with E-state index in [1.54, 1.807) is 21.3 Å². The van der Waals surface area contributed by atoms with Crippen molar-refractivity contribution in [3.05, 3.63) is 35.4 Å². The summed E-state index contributed by atoms with van der Waals surface area (Å²) < 4.78 is 16.8. The predicted octanol–water partition coefficient (Wildman–Crippen LogP) is 3.25. The van der Waals surface area contributed by atoms with Crippen LogP contribution in [-0.2, 0) is 13.3 Å². The third-order valence-corrected chi connectivity index (χ3v) is 8.59. The van der Waals surface area contributed by atoms with Crippen LogP contribution < -0.4 is 5.73 Å². The molecule has 0 saturated heterocycles. The van der Waals surface area contributed by atoms with Gasteiger partial charge in [-0.05, 0) is 25.0 Å². The van der Waals surface area contributed by atoms with E-state index in [9.17, 15) is 0 Å². The average molecular weight is 415 g/mol. The van der Waals surface area contributed by atoms with Gasteiger partial charge < -0.3 is 23.9 Å². The van der Waals surface area contributed by atoms with Crippen LogP contribution in [0.2, 0.25) is 0 Å². The number of likely N-dealkylation sites (N-methyl/N-ethyl adjacent to an activating group) is 1. The second-order valence-corrected chi connectivity index (χ2v) is 10.1. The lowest BCUT2D eigenvalue weighted by atomic mass is 9.96. The van der Waals surface area contributed by atoms with E-state index in [0.717, 1.165) is 29.2 Å². The summed E-state index contributed by atoms with van der Waals surface area (Å²) in [5.74, 6) is -0.251. The summed E-state index contributed by atoms with van der Waals surface area (Å²) in [4.78, 5) is 3.25. The molecule has 2 atom stereocenters. The van der Waals surface area contributed by atoms with E-state index in [1.165, 1.54) is 0 Å². The number of thiocarbonyl (C=S) groups is 2. The maximum absolute atomic E-state index is 6.01. The number of hydrogen-bond acceptors (Lipinski definition) is 5. The molecule has 0 fully saturated rings. The lowest BCUT2D eigenvalue weighted by Crippen LogP contribution is -2.48. The monoisotopic (exact) mass is 414 g/mol. The molecule has 1 aromatic carbocycles. The molecule has 1 aromatic rings. The first kappa shape index (κ1) is 23.1. The van der Waals surface area contributed by atoms with Gasteiger partial charge in [-0.1, -0.05) is 55.6 Å². The number of nitrogens with two attached hydrogens (primary N) is 1. The second kappa shape index (κ2) is 10.4. The molecule has 146 valence electrons. The third kappa shape index (κ3) is 4.88. The molecule has 0 radical (unpaired) electrons. The van der Waals surface area contributed by atoms with Crippen LogP contribution in [0.4, 0.5) is 0 Å². The van der Waals surface area contributed by atoms with Crippen LogP contribution in [0.5, 0.6) is 0 Å². The zero-order chi connectivity index (χ0) is 19.9. The Balaban J connectivity index is 3.17. The Hall–Kier alpha value is -0.903. The van der Waals surface area contributed by atoms with Gasteiger partial charge in [-0.25, -0.2) is 0 Å². The van der Waals surface area contributed by atoms with Gasteiger partial charge in [-0.15, -0.1) is 0 Å². The topological polar surface area (TPSA) is 57.0 Å². The first-order chi connectivity index (χ1) is 12.3. The molecule has 2 N–H and O–H groups in total. The summed E-state index contributed by atoms with van der Waals surface area (Å²) in [6.07, 6.45) is 0. The molecule has 0 spiro atoms. The Morgan fingerprint density at radius 3 is 1.77 bits per heavy atom. The fourth-order valence-corrected chi connectivity index (χ4v) is 6.11. The molecule has 0 bridgehead atoms. The molecule has 0 amide bonds. The van der Waals surface area contributed by atoms with E-state index in [4.69, 9.17) is 43.4 Å². The molecule has 1 rings (SSSR count). The molecular weight excluding hydrogens is 384 g/mol. The van der Waals surface area contributed by atoms with Crippen LogP contribution in [0.3, 0.4) is 0 Å². The van der Waals surface area contributed by atoms with Crippen LogP contribution in [-0.4, -0.2) is 58.1 Å². The van der Waals surface area contributed by atoms with Gasteiger partial charge in [0.05, 0.1) is 21.4 Å². The number of hydrogen-bond donors (Lipinski definition) is 1. The van der Waals surface area contributed by atoms with Crippen LogP contribution in [0.25, 0.3) is 0 Å². The highest BCUT2D eigenvalue weighted by molar-refractivity contribution is 7.82. The Kier molecular flexibility index (Phi) is 9.29. The van der Waals surface area contributed by atoms with Crippen LogP contribution in [0.15, 0.2) is 24.3 Å². The summed E-state index contributed by atoms with van der Waals surface area (Å²) in [5, 5.41) is 0. The maximum Gasteiger partial charge on any atom is 0.507 e. The van der Waals surface area contributed by atoms with Gasteiger partial charge in [0.2, 0.25) is 0 Å². The zero-order valence-corrected chi connectivity index (χ0v) is 19.1. The summed E-state index contributed by atoms with van der Waals surface area (Å²) >= 11 is 11.0. The molecule has 0 aromatic heterocycles. The highest BCUT2D eigenvalue weighted by Crippen LogP contribution is 2.30. The van der Waals surface area contributed by atoms with Crippen molar-refractivity contribution >= 4 is 43.2 Å². The number of nitrogens with zero attached hydrogens (tertiary/aromatic N) is 1. The molecule has 5 nitrogen and oxygen atoms in total. The molecule has 0 aliphatic carbocycles. The van der Waals surface area contributed by atoms with Crippen molar-refractivity contribution in [2.45, 2.75) is 32.2 Å². The van der Waals surface area contributed by atoms with Gasteiger partial charge >= 0.3 is 8.80 Å². The minimum Gasteiger partial charge on any atom is -0.392 e. The maximum atomic E-state index is 6.01. The standard InChI is InChI=1S/C18H30N2O3S2Si/c1-7-20(8-2)18(25)16(17(19)24)15-11-9-14(10-12-15)13(3)26(21-4,22-5)23-6/h9-13,16H,7-8H2,1-6H3,(H2,19,24). The molecule has 2 unspecified atom stereocenters. The van der Waals surface area contributed by atoms with Crippen molar-refractivity contribution in [2.24, 2.45) is 5.73 Å². The molecule has 26 heavy (non-hydrogen) atoms. The van der Waals surface area contributed by atoms with E-state index < -0.39 is 8.80 Å². The Bertz CT molecular complexity index is 597.